The first kappa shape index (κ1) is 20.0. The van der Waals surface area contributed by atoms with E-state index in [9.17, 15) is 9.59 Å². The van der Waals surface area contributed by atoms with E-state index in [4.69, 9.17) is 14.7 Å². The standard InChI is InChI=1S/C24H26N2O5/c27-23(25-29)16-6-7-17-13-26(24(28)18-10-19-8-9-20(11-18)31-19)21(14-30-22(17)12-16)15-4-2-1-3-5-15/h1-7,12,18-21,29H,8-11,13-14H2,(H,25,27)/t18?,19?,20?,21-/m1/s1. The molecule has 3 heterocycles. The number of nitrogens with one attached hydrogen (secondary N) is 1. The Morgan fingerprint density at radius 1 is 1.03 bits per heavy atom. The summed E-state index contributed by atoms with van der Waals surface area (Å²) in [6.07, 6.45) is 4.01. The molecule has 2 aromatic rings. The summed E-state index contributed by atoms with van der Waals surface area (Å²) < 4.78 is 12.0. The molecule has 2 bridgehead atoms. The molecule has 5 rings (SSSR count). The smallest absolute Gasteiger partial charge is 0.274 e. The van der Waals surface area contributed by atoms with E-state index in [1.807, 2.05) is 35.2 Å². The van der Waals surface area contributed by atoms with Crippen LogP contribution in [0.15, 0.2) is 48.5 Å². The largest absolute Gasteiger partial charge is 0.491 e. The third kappa shape index (κ3) is 3.91. The van der Waals surface area contributed by atoms with Gasteiger partial charge in [-0.25, -0.2) is 5.48 Å². The van der Waals surface area contributed by atoms with Crippen LogP contribution in [0.5, 0.6) is 5.75 Å². The van der Waals surface area contributed by atoms with Crippen LogP contribution >= 0.6 is 0 Å². The minimum absolute atomic E-state index is 0.0431. The van der Waals surface area contributed by atoms with Gasteiger partial charge < -0.3 is 14.4 Å². The number of carbonyl (C=O) groups excluding carboxylic acids is 2. The monoisotopic (exact) mass is 422 g/mol. The van der Waals surface area contributed by atoms with Crippen molar-refractivity contribution in [1.29, 1.82) is 0 Å². The summed E-state index contributed by atoms with van der Waals surface area (Å²) >= 11 is 0. The van der Waals surface area contributed by atoms with Crippen molar-refractivity contribution < 1.29 is 24.3 Å². The van der Waals surface area contributed by atoms with Crippen LogP contribution in [0.2, 0.25) is 0 Å². The summed E-state index contributed by atoms with van der Waals surface area (Å²) in [6, 6.07) is 14.7. The minimum Gasteiger partial charge on any atom is -0.491 e. The number of hydroxylamine groups is 1. The van der Waals surface area contributed by atoms with Gasteiger partial charge in [-0.1, -0.05) is 36.4 Å². The Bertz CT molecular complexity index is 967. The van der Waals surface area contributed by atoms with Gasteiger partial charge in [-0.3, -0.25) is 14.8 Å². The van der Waals surface area contributed by atoms with E-state index in [1.54, 1.807) is 23.7 Å². The normalized spacial score (nSPS) is 27.1. The maximum Gasteiger partial charge on any atom is 0.274 e. The molecule has 2 N–H and O–H groups in total. The van der Waals surface area contributed by atoms with Crippen LogP contribution in [0.3, 0.4) is 0 Å². The number of benzene rings is 2. The highest BCUT2D eigenvalue weighted by Gasteiger charge is 2.41. The molecule has 2 fully saturated rings. The highest BCUT2D eigenvalue weighted by molar-refractivity contribution is 5.93. The van der Waals surface area contributed by atoms with Crippen molar-refractivity contribution in [3.63, 3.8) is 0 Å². The zero-order valence-corrected chi connectivity index (χ0v) is 17.2. The van der Waals surface area contributed by atoms with Crippen molar-refractivity contribution in [1.82, 2.24) is 10.4 Å². The van der Waals surface area contributed by atoms with Crippen LogP contribution in [0.4, 0.5) is 0 Å². The molecule has 0 spiro atoms. The fourth-order valence-electron chi connectivity index (χ4n) is 5.05. The average molecular weight is 422 g/mol. The van der Waals surface area contributed by atoms with E-state index < -0.39 is 5.91 Å². The van der Waals surface area contributed by atoms with Crippen molar-refractivity contribution in [3.05, 3.63) is 65.2 Å². The van der Waals surface area contributed by atoms with Gasteiger partial charge in [0.1, 0.15) is 12.4 Å². The Morgan fingerprint density at radius 2 is 1.77 bits per heavy atom. The zero-order chi connectivity index (χ0) is 21.4. The van der Waals surface area contributed by atoms with Gasteiger partial charge in [0.15, 0.2) is 0 Å². The third-order valence-electron chi connectivity index (χ3n) is 6.65. The maximum atomic E-state index is 13.8. The summed E-state index contributed by atoms with van der Waals surface area (Å²) in [5, 5.41) is 8.94. The van der Waals surface area contributed by atoms with Crippen LogP contribution in [-0.2, 0) is 16.1 Å². The van der Waals surface area contributed by atoms with Gasteiger partial charge in [0.05, 0.1) is 24.8 Å². The third-order valence-corrected chi connectivity index (χ3v) is 6.65. The Morgan fingerprint density at radius 3 is 2.48 bits per heavy atom. The first-order valence-electron chi connectivity index (χ1n) is 10.8. The van der Waals surface area contributed by atoms with Gasteiger partial charge in [-0.05, 0) is 43.4 Å². The van der Waals surface area contributed by atoms with Crippen LogP contribution in [0.1, 0.15) is 53.2 Å². The summed E-state index contributed by atoms with van der Waals surface area (Å²) in [6.45, 7) is 0.699. The first-order valence-corrected chi connectivity index (χ1v) is 10.8. The molecule has 2 saturated heterocycles. The van der Waals surface area contributed by atoms with E-state index in [0.29, 0.717) is 24.5 Å². The number of hydrogen-bond acceptors (Lipinski definition) is 5. The van der Waals surface area contributed by atoms with Crippen LogP contribution in [-0.4, -0.2) is 40.7 Å². The number of carbonyl (C=O) groups is 2. The fraction of sp³-hybridized carbons (Fsp3) is 0.417. The van der Waals surface area contributed by atoms with E-state index in [-0.39, 0.29) is 30.1 Å². The first-order chi connectivity index (χ1) is 15.1. The molecule has 162 valence electrons. The lowest BCUT2D eigenvalue weighted by atomic mass is 9.92. The number of ether oxygens (including phenoxy) is 2. The molecule has 2 amide bonds. The lowest BCUT2D eigenvalue weighted by Crippen LogP contribution is -2.42. The molecule has 3 atom stereocenters. The molecule has 3 aliphatic heterocycles. The highest BCUT2D eigenvalue weighted by atomic mass is 16.5. The van der Waals surface area contributed by atoms with Gasteiger partial charge in [0, 0.05) is 17.0 Å². The van der Waals surface area contributed by atoms with Crippen molar-refractivity contribution in [2.75, 3.05) is 6.61 Å². The number of hydrogen-bond donors (Lipinski definition) is 2. The molecule has 31 heavy (non-hydrogen) atoms. The molecule has 0 radical (unpaired) electrons. The van der Waals surface area contributed by atoms with Gasteiger partial charge in [-0.15, -0.1) is 0 Å². The second-order valence-corrected chi connectivity index (χ2v) is 8.59. The Kier molecular flexibility index (Phi) is 5.38. The van der Waals surface area contributed by atoms with Gasteiger partial charge in [0.25, 0.3) is 5.91 Å². The number of fused-ring (bicyclic) bond motifs is 3. The van der Waals surface area contributed by atoms with E-state index in [0.717, 1.165) is 36.8 Å². The quantitative estimate of drug-likeness (QED) is 0.586. The Labute approximate surface area is 180 Å². The van der Waals surface area contributed by atoms with E-state index >= 15 is 0 Å². The summed E-state index contributed by atoms with van der Waals surface area (Å²) in [5.41, 5.74) is 3.82. The number of nitrogens with zero attached hydrogens (tertiary/aromatic N) is 1. The predicted octanol–water partition coefficient (Wildman–Crippen LogP) is 3.23. The molecule has 7 nitrogen and oxygen atoms in total. The zero-order valence-electron chi connectivity index (χ0n) is 17.2. The lowest BCUT2D eigenvalue weighted by Gasteiger charge is -2.35. The van der Waals surface area contributed by atoms with Crippen LogP contribution in [0.25, 0.3) is 0 Å². The molecule has 2 unspecified atom stereocenters. The molecule has 0 aliphatic carbocycles. The topological polar surface area (TPSA) is 88.1 Å². The molecule has 2 aromatic carbocycles. The Hall–Kier alpha value is -2.90. The van der Waals surface area contributed by atoms with Gasteiger partial charge in [-0.2, -0.15) is 0 Å². The van der Waals surface area contributed by atoms with Crippen molar-refractivity contribution in [2.24, 2.45) is 5.92 Å². The Balaban J connectivity index is 1.47. The van der Waals surface area contributed by atoms with E-state index in [2.05, 4.69) is 0 Å². The second kappa shape index (κ2) is 8.32. The lowest BCUT2D eigenvalue weighted by molar-refractivity contribution is -0.145. The highest BCUT2D eigenvalue weighted by Crippen LogP contribution is 2.39. The molecule has 0 saturated carbocycles. The average Bonchev–Trinajstić information content (AvgIpc) is 3.04. The van der Waals surface area contributed by atoms with Gasteiger partial charge >= 0.3 is 0 Å². The van der Waals surface area contributed by atoms with E-state index in [1.165, 1.54) is 0 Å². The summed E-state index contributed by atoms with van der Waals surface area (Å²) in [5.74, 6) is 0.0615. The molecular weight excluding hydrogens is 396 g/mol. The van der Waals surface area contributed by atoms with Crippen molar-refractivity contribution in [3.8, 4) is 5.75 Å². The molecule has 3 aliphatic rings. The second-order valence-electron chi connectivity index (χ2n) is 8.59. The molecule has 0 aromatic heterocycles. The SMILES string of the molecule is O=C(NO)c1ccc2c(c1)OC[C@H](c1ccccc1)N(C(=O)C1CC3CCC(C1)O3)C2. The van der Waals surface area contributed by atoms with Crippen LogP contribution in [0, 0.1) is 5.92 Å². The number of rotatable bonds is 3. The minimum atomic E-state index is -0.596. The summed E-state index contributed by atoms with van der Waals surface area (Å²) in [7, 11) is 0. The van der Waals surface area contributed by atoms with Crippen LogP contribution < -0.4 is 10.2 Å². The predicted molar refractivity (Wildman–Crippen MR) is 112 cm³/mol. The maximum absolute atomic E-state index is 13.8. The number of amides is 2. The van der Waals surface area contributed by atoms with Crippen molar-refractivity contribution in [2.45, 2.75) is 50.5 Å². The molecular formula is C24H26N2O5. The molecule has 7 heteroatoms. The van der Waals surface area contributed by atoms with Crippen molar-refractivity contribution >= 4 is 11.8 Å². The summed E-state index contributed by atoms with van der Waals surface area (Å²) in [4.78, 5) is 27.5. The van der Waals surface area contributed by atoms with Gasteiger partial charge in [0.2, 0.25) is 5.91 Å². The fourth-order valence-corrected chi connectivity index (χ4v) is 5.05.